The first-order chi connectivity index (χ1) is 13.1. The van der Waals surface area contributed by atoms with Crippen LogP contribution in [0.4, 0.5) is 5.69 Å². The molecule has 0 saturated heterocycles. The largest absolute Gasteiger partial charge is 0.497 e. The van der Waals surface area contributed by atoms with Crippen LogP contribution >= 0.6 is 23.1 Å². The summed E-state index contributed by atoms with van der Waals surface area (Å²) in [6.45, 7) is 0. The van der Waals surface area contributed by atoms with Crippen molar-refractivity contribution in [2.24, 2.45) is 0 Å². The Bertz CT molecular complexity index is 939. The summed E-state index contributed by atoms with van der Waals surface area (Å²) in [5, 5.41) is 15.1. The molecule has 1 amide bonds. The first-order valence-corrected chi connectivity index (χ1v) is 10.3. The number of thioether (sulfide) groups is 1. The molecule has 0 radical (unpaired) electrons. The number of hydrogen-bond acceptors (Lipinski definition) is 5. The number of carbonyl (C=O) groups is 1. The van der Waals surface area contributed by atoms with E-state index >= 15 is 0 Å². The van der Waals surface area contributed by atoms with Crippen LogP contribution in [0.3, 0.4) is 0 Å². The van der Waals surface area contributed by atoms with Gasteiger partial charge in [-0.3, -0.25) is 4.79 Å². The van der Waals surface area contributed by atoms with Gasteiger partial charge in [0.25, 0.3) is 5.91 Å². The summed E-state index contributed by atoms with van der Waals surface area (Å²) in [7, 11) is 1.61. The van der Waals surface area contributed by atoms with Crippen LogP contribution in [0.25, 0.3) is 0 Å². The summed E-state index contributed by atoms with van der Waals surface area (Å²) in [4.78, 5) is 14.7. The molecule has 0 saturated carbocycles. The second-order valence-corrected chi connectivity index (χ2v) is 8.55. The third-order valence-electron chi connectivity index (χ3n) is 4.52. The maximum absolute atomic E-state index is 12.4. The standard InChI is InChI=1S/C21H19NO3S2/c1-25-15-7-5-14(6-8-15)20-19(23)21(24)22-17-9-4-13(12-18(17)27-20)11-16-3-2-10-26-16/h2-10,12,19-20,23H,11H2,1H3,(H,22,24). The van der Waals surface area contributed by atoms with E-state index < -0.39 is 6.10 Å². The van der Waals surface area contributed by atoms with Gasteiger partial charge in [0, 0.05) is 16.2 Å². The lowest BCUT2D eigenvalue weighted by Gasteiger charge is -2.19. The Morgan fingerprint density at radius 3 is 2.67 bits per heavy atom. The van der Waals surface area contributed by atoms with Gasteiger partial charge in [-0.25, -0.2) is 0 Å². The molecule has 1 aromatic heterocycles. The van der Waals surface area contributed by atoms with Crippen LogP contribution in [0.5, 0.6) is 5.75 Å². The molecule has 6 heteroatoms. The van der Waals surface area contributed by atoms with Crippen LogP contribution < -0.4 is 10.1 Å². The van der Waals surface area contributed by atoms with Gasteiger partial charge >= 0.3 is 0 Å². The first-order valence-electron chi connectivity index (χ1n) is 8.59. The molecule has 0 spiro atoms. The third kappa shape index (κ3) is 3.88. The molecular formula is C21H19NO3S2. The molecule has 4 nitrogen and oxygen atoms in total. The molecule has 4 rings (SSSR count). The molecule has 1 aliphatic heterocycles. The van der Waals surface area contributed by atoms with Crippen molar-refractivity contribution in [1.82, 2.24) is 0 Å². The number of rotatable bonds is 4. The lowest BCUT2D eigenvalue weighted by atomic mass is 10.1. The van der Waals surface area contributed by atoms with Gasteiger partial charge in [0.1, 0.15) is 11.9 Å². The number of amides is 1. The Morgan fingerprint density at radius 2 is 1.96 bits per heavy atom. The van der Waals surface area contributed by atoms with E-state index in [0.29, 0.717) is 0 Å². The average molecular weight is 398 g/mol. The van der Waals surface area contributed by atoms with Gasteiger partial charge in [0.15, 0.2) is 0 Å². The predicted octanol–water partition coefficient (Wildman–Crippen LogP) is 4.49. The molecule has 2 heterocycles. The summed E-state index contributed by atoms with van der Waals surface area (Å²) >= 11 is 3.24. The number of carbonyl (C=O) groups excluding carboxylic acids is 1. The fraction of sp³-hybridized carbons (Fsp3) is 0.190. The molecular weight excluding hydrogens is 378 g/mol. The third-order valence-corrected chi connectivity index (χ3v) is 6.77. The van der Waals surface area contributed by atoms with E-state index in [0.717, 1.165) is 28.3 Å². The summed E-state index contributed by atoms with van der Waals surface area (Å²) in [6, 6.07) is 17.7. The Kier molecular flexibility index (Phi) is 5.20. The van der Waals surface area contributed by atoms with Gasteiger partial charge in [-0.15, -0.1) is 23.1 Å². The van der Waals surface area contributed by atoms with Gasteiger partial charge in [-0.05, 0) is 46.8 Å². The lowest BCUT2D eigenvalue weighted by Crippen LogP contribution is -2.30. The van der Waals surface area contributed by atoms with E-state index in [1.165, 1.54) is 22.2 Å². The zero-order valence-corrected chi connectivity index (χ0v) is 16.3. The van der Waals surface area contributed by atoms with Crippen LogP contribution in [0.15, 0.2) is 64.9 Å². The fourth-order valence-corrected chi connectivity index (χ4v) is 5.10. The van der Waals surface area contributed by atoms with E-state index in [2.05, 4.69) is 28.9 Å². The van der Waals surface area contributed by atoms with Crippen LogP contribution in [-0.4, -0.2) is 24.2 Å². The quantitative estimate of drug-likeness (QED) is 0.681. The van der Waals surface area contributed by atoms with Crippen molar-refractivity contribution in [2.45, 2.75) is 22.7 Å². The number of benzene rings is 2. The minimum Gasteiger partial charge on any atom is -0.497 e. The number of anilines is 1. The minimum absolute atomic E-state index is 0.380. The summed E-state index contributed by atoms with van der Waals surface area (Å²) < 4.78 is 5.20. The fourth-order valence-electron chi connectivity index (χ4n) is 3.08. The number of thiophene rings is 1. The van der Waals surface area contributed by atoms with Crippen molar-refractivity contribution >= 4 is 34.7 Å². The molecule has 0 bridgehead atoms. The van der Waals surface area contributed by atoms with Gasteiger partial charge in [0.2, 0.25) is 0 Å². The molecule has 138 valence electrons. The number of methoxy groups -OCH3 is 1. The van der Waals surface area contributed by atoms with Gasteiger partial charge in [-0.2, -0.15) is 0 Å². The van der Waals surface area contributed by atoms with E-state index in [1.807, 2.05) is 36.4 Å². The Morgan fingerprint density at radius 1 is 1.15 bits per heavy atom. The number of nitrogens with one attached hydrogen (secondary N) is 1. The van der Waals surface area contributed by atoms with Crippen molar-refractivity contribution in [3.63, 3.8) is 0 Å². The number of ether oxygens (including phenoxy) is 1. The smallest absolute Gasteiger partial charge is 0.254 e. The van der Waals surface area contributed by atoms with Gasteiger partial charge in [0.05, 0.1) is 18.0 Å². The molecule has 2 aromatic carbocycles. The van der Waals surface area contributed by atoms with Crippen molar-refractivity contribution in [2.75, 3.05) is 12.4 Å². The van der Waals surface area contributed by atoms with Gasteiger partial charge < -0.3 is 15.2 Å². The Hall–Kier alpha value is -2.28. The molecule has 27 heavy (non-hydrogen) atoms. The molecule has 0 fully saturated rings. The SMILES string of the molecule is COc1ccc(C2Sc3cc(Cc4cccs4)ccc3NC(=O)C2O)cc1. The lowest BCUT2D eigenvalue weighted by molar-refractivity contribution is -0.124. The van der Waals surface area contributed by atoms with Crippen LogP contribution in [0, 0.1) is 0 Å². The second-order valence-electron chi connectivity index (χ2n) is 6.33. The predicted molar refractivity (Wildman–Crippen MR) is 110 cm³/mol. The topological polar surface area (TPSA) is 58.6 Å². The molecule has 0 aliphatic carbocycles. The van der Waals surface area contributed by atoms with E-state index in [1.54, 1.807) is 18.4 Å². The highest BCUT2D eigenvalue weighted by molar-refractivity contribution is 7.99. The van der Waals surface area contributed by atoms with Crippen LogP contribution in [-0.2, 0) is 11.2 Å². The molecule has 2 N–H and O–H groups in total. The van der Waals surface area contributed by atoms with E-state index in [-0.39, 0.29) is 11.2 Å². The highest BCUT2D eigenvalue weighted by Gasteiger charge is 2.32. The number of hydrogen-bond donors (Lipinski definition) is 2. The maximum atomic E-state index is 12.4. The number of aliphatic hydroxyl groups excluding tert-OH is 1. The number of aliphatic hydroxyl groups is 1. The Balaban J connectivity index is 1.66. The minimum atomic E-state index is -1.13. The summed E-state index contributed by atoms with van der Waals surface area (Å²) in [6.07, 6.45) is -0.272. The van der Waals surface area contributed by atoms with Crippen molar-refractivity contribution in [1.29, 1.82) is 0 Å². The molecule has 1 aliphatic rings. The summed E-state index contributed by atoms with van der Waals surface area (Å²) in [5.74, 6) is 0.364. The van der Waals surface area contributed by atoms with E-state index in [9.17, 15) is 9.90 Å². The molecule has 2 atom stereocenters. The van der Waals surface area contributed by atoms with Crippen LogP contribution in [0.1, 0.15) is 21.3 Å². The summed E-state index contributed by atoms with van der Waals surface area (Å²) in [5.41, 5.74) is 2.82. The molecule has 3 aromatic rings. The normalized spacial score (nSPS) is 19.1. The monoisotopic (exact) mass is 397 g/mol. The maximum Gasteiger partial charge on any atom is 0.254 e. The second kappa shape index (κ2) is 7.76. The highest BCUT2D eigenvalue weighted by atomic mass is 32.2. The van der Waals surface area contributed by atoms with Gasteiger partial charge in [-0.1, -0.05) is 24.3 Å². The zero-order valence-electron chi connectivity index (χ0n) is 14.7. The van der Waals surface area contributed by atoms with Crippen molar-refractivity contribution < 1.29 is 14.6 Å². The first kappa shape index (κ1) is 18.1. The average Bonchev–Trinajstić information content (AvgIpc) is 3.16. The van der Waals surface area contributed by atoms with Crippen molar-refractivity contribution in [3.8, 4) is 5.75 Å². The molecule has 2 unspecified atom stereocenters. The highest BCUT2D eigenvalue weighted by Crippen LogP contribution is 2.44. The van der Waals surface area contributed by atoms with Crippen molar-refractivity contribution in [3.05, 3.63) is 76.0 Å². The zero-order chi connectivity index (χ0) is 18.8. The number of fused-ring (bicyclic) bond motifs is 1. The van der Waals surface area contributed by atoms with Crippen LogP contribution in [0.2, 0.25) is 0 Å². The Labute approximate surface area is 166 Å². The van der Waals surface area contributed by atoms with E-state index in [4.69, 9.17) is 4.74 Å².